The van der Waals surface area contributed by atoms with Crippen molar-refractivity contribution in [3.05, 3.63) is 23.8 Å². The minimum absolute atomic E-state index is 0.0236. The molecule has 1 aromatic carbocycles. The van der Waals surface area contributed by atoms with Gasteiger partial charge in [0.05, 0.1) is 17.7 Å². The highest BCUT2D eigenvalue weighted by Crippen LogP contribution is 2.28. The molecule has 38 heavy (non-hydrogen) atoms. The van der Waals surface area contributed by atoms with Gasteiger partial charge < -0.3 is 29.3 Å². The second-order valence-electron chi connectivity index (χ2n) is 10.0. The number of hydrogen-bond acceptors (Lipinski definition) is 6. The number of carbonyl (C=O) groups excluding carboxylic acids is 3. The monoisotopic (exact) mass is 543 g/mol. The highest BCUT2D eigenvalue weighted by Gasteiger charge is 2.34. The Morgan fingerprint density at radius 1 is 1.16 bits per heavy atom. The van der Waals surface area contributed by atoms with Crippen molar-refractivity contribution in [3.8, 4) is 5.75 Å². The zero-order valence-electron chi connectivity index (χ0n) is 22.2. The molecule has 1 saturated heterocycles. The topological polar surface area (TPSA) is 97.4 Å². The standard InChI is InChI=1S/C26H36F3N3O6/c1-16-13-32(24(34)18-7-9-37-10-8-18)17(2)15-38-21-6-5-19(30-23(33)12-26(27,28)29)11-20(21)25(35)31(3)14-22(16)36-4/h5-6,11,16-18,22H,7-10,12-15H2,1-4H3,(H,30,33)/t16-,17-,22+/m0/s1. The van der Waals surface area contributed by atoms with Crippen LogP contribution in [0.2, 0.25) is 0 Å². The molecular weight excluding hydrogens is 507 g/mol. The summed E-state index contributed by atoms with van der Waals surface area (Å²) in [7, 11) is 3.13. The molecule has 3 rings (SSSR count). The number of fused-ring (bicyclic) bond motifs is 1. The molecule has 2 aliphatic heterocycles. The fourth-order valence-corrected chi connectivity index (χ4v) is 4.73. The molecule has 12 heteroatoms. The summed E-state index contributed by atoms with van der Waals surface area (Å²) < 4.78 is 54.9. The van der Waals surface area contributed by atoms with E-state index >= 15 is 0 Å². The molecule has 0 saturated carbocycles. The predicted molar refractivity (Wildman–Crippen MR) is 133 cm³/mol. The van der Waals surface area contributed by atoms with Crippen molar-refractivity contribution in [2.75, 3.05) is 52.4 Å². The Labute approximate surface area is 220 Å². The van der Waals surface area contributed by atoms with Crippen LogP contribution in [0.5, 0.6) is 5.75 Å². The summed E-state index contributed by atoms with van der Waals surface area (Å²) >= 11 is 0. The molecule has 1 N–H and O–H groups in total. The van der Waals surface area contributed by atoms with Gasteiger partial charge in [-0.25, -0.2) is 0 Å². The number of hydrogen-bond donors (Lipinski definition) is 1. The molecule has 0 radical (unpaired) electrons. The van der Waals surface area contributed by atoms with E-state index in [1.165, 1.54) is 23.1 Å². The maximum absolute atomic E-state index is 13.5. The molecule has 0 aliphatic carbocycles. The van der Waals surface area contributed by atoms with E-state index in [4.69, 9.17) is 14.2 Å². The molecule has 0 aromatic heterocycles. The Kier molecular flexibility index (Phi) is 10.00. The van der Waals surface area contributed by atoms with Crippen molar-refractivity contribution in [1.82, 2.24) is 9.80 Å². The Morgan fingerprint density at radius 3 is 2.47 bits per heavy atom. The maximum Gasteiger partial charge on any atom is 0.397 e. The van der Waals surface area contributed by atoms with Crippen LogP contribution >= 0.6 is 0 Å². The number of benzene rings is 1. The van der Waals surface area contributed by atoms with Gasteiger partial charge in [0.15, 0.2) is 0 Å². The highest BCUT2D eigenvalue weighted by atomic mass is 19.4. The van der Waals surface area contributed by atoms with Gasteiger partial charge in [-0.15, -0.1) is 0 Å². The summed E-state index contributed by atoms with van der Waals surface area (Å²) in [6, 6.07) is 3.78. The van der Waals surface area contributed by atoms with E-state index in [9.17, 15) is 27.6 Å². The highest BCUT2D eigenvalue weighted by molar-refractivity contribution is 5.99. The number of ether oxygens (including phenoxy) is 3. The fourth-order valence-electron chi connectivity index (χ4n) is 4.73. The summed E-state index contributed by atoms with van der Waals surface area (Å²) in [5.74, 6) is -1.72. The lowest BCUT2D eigenvalue weighted by Crippen LogP contribution is -2.50. The van der Waals surface area contributed by atoms with Crippen LogP contribution < -0.4 is 10.1 Å². The normalized spacial score (nSPS) is 24.1. The lowest BCUT2D eigenvalue weighted by atomic mass is 9.95. The van der Waals surface area contributed by atoms with Gasteiger partial charge in [0, 0.05) is 58.0 Å². The van der Waals surface area contributed by atoms with Gasteiger partial charge in [0.2, 0.25) is 11.8 Å². The molecule has 2 aliphatic rings. The van der Waals surface area contributed by atoms with Gasteiger partial charge in [-0.1, -0.05) is 6.92 Å². The fraction of sp³-hybridized carbons (Fsp3) is 0.654. The van der Waals surface area contributed by atoms with E-state index in [2.05, 4.69) is 5.32 Å². The third kappa shape index (κ3) is 7.83. The number of nitrogens with zero attached hydrogens (tertiary/aromatic N) is 2. The van der Waals surface area contributed by atoms with Gasteiger partial charge in [0.25, 0.3) is 5.91 Å². The summed E-state index contributed by atoms with van der Waals surface area (Å²) in [6.45, 7) is 5.60. The minimum Gasteiger partial charge on any atom is -0.491 e. The molecule has 3 atom stereocenters. The van der Waals surface area contributed by atoms with Gasteiger partial charge in [-0.2, -0.15) is 13.2 Å². The molecule has 0 bridgehead atoms. The number of carbonyl (C=O) groups is 3. The first-order valence-electron chi connectivity index (χ1n) is 12.7. The van der Waals surface area contributed by atoms with E-state index in [1.807, 2.05) is 18.7 Å². The van der Waals surface area contributed by atoms with E-state index in [0.29, 0.717) is 32.6 Å². The van der Waals surface area contributed by atoms with E-state index in [-0.39, 0.29) is 60.0 Å². The van der Waals surface area contributed by atoms with Gasteiger partial charge in [0.1, 0.15) is 18.8 Å². The summed E-state index contributed by atoms with van der Waals surface area (Å²) in [5, 5.41) is 2.19. The number of anilines is 1. The average molecular weight is 544 g/mol. The van der Waals surface area contributed by atoms with E-state index in [1.54, 1.807) is 14.2 Å². The molecular formula is C26H36F3N3O6. The van der Waals surface area contributed by atoms with Crippen molar-refractivity contribution < 1.29 is 41.8 Å². The molecule has 2 heterocycles. The van der Waals surface area contributed by atoms with Crippen molar-refractivity contribution in [2.45, 2.75) is 51.4 Å². The van der Waals surface area contributed by atoms with Crippen molar-refractivity contribution >= 4 is 23.4 Å². The third-order valence-electron chi connectivity index (χ3n) is 6.94. The number of alkyl halides is 3. The number of amides is 3. The number of rotatable bonds is 4. The molecule has 3 amide bonds. The van der Waals surface area contributed by atoms with Crippen LogP contribution in [0, 0.1) is 11.8 Å². The van der Waals surface area contributed by atoms with Crippen LogP contribution in [-0.2, 0) is 19.1 Å². The lowest BCUT2D eigenvalue weighted by molar-refractivity contribution is -0.150. The quantitative estimate of drug-likeness (QED) is 0.626. The Balaban J connectivity index is 1.91. The Morgan fingerprint density at radius 2 is 1.84 bits per heavy atom. The van der Waals surface area contributed by atoms with Gasteiger partial charge in [-0.3, -0.25) is 14.4 Å². The van der Waals surface area contributed by atoms with E-state index in [0.717, 1.165) is 0 Å². The predicted octanol–water partition coefficient (Wildman–Crippen LogP) is 3.34. The van der Waals surface area contributed by atoms with Crippen LogP contribution in [0.25, 0.3) is 0 Å². The van der Waals surface area contributed by atoms with Crippen LogP contribution in [-0.4, -0.2) is 92.9 Å². The minimum atomic E-state index is -4.66. The Hall–Kier alpha value is -2.86. The van der Waals surface area contributed by atoms with Crippen LogP contribution in [0.15, 0.2) is 18.2 Å². The van der Waals surface area contributed by atoms with Gasteiger partial charge >= 0.3 is 6.18 Å². The Bertz CT molecular complexity index is 999. The third-order valence-corrected chi connectivity index (χ3v) is 6.94. The first kappa shape index (κ1) is 29.7. The van der Waals surface area contributed by atoms with Crippen molar-refractivity contribution in [2.24, 2.45) is 11.8 Å². The maximum atomic E-state index is 13.5. The molecule has 1 fully saturated rings. The number of methoxy groups -OCH3 is 1. The smallest absolute Gasteiger partial charge is 0.397 e. The zero-order chi connectivity index (χ0) is 28.0. The molecule has 0 unspecified atom stereocenters. The number of likely N-dealkylation sites (N-methyl/N-ethyl adjacent to an activating group) is 1. The van der Waals surface area contributed by atoms with E-state index < -0.39 is 24.4 Å². The van der Waals surface area contributed by atoms with Crippen molar-refractivity contribution in [1.29, 1.82) is 0 Å². The second-order valence-corrected chi connectivity index (χ2v) is 10.0. The largest absolute Gasteiger partial charge is 0.491 e. The number of nitrogens with one attached hydrogen (secondary N) is 1. The van der Waals surface area contributed by atoms with Crippen LogP contribution in [0.1, 0.15) is 43.5 Å². The lowest BCUT2D eigenvalue weighted by Gasteiger charge is -2.38. The second kappa shape index (κ2) is 12.8. The molecule has 9 nitrogen and oxygen atoms in total. The average Bonchev–Trinajstić information content (AvgIpc) is 2.87. The first-order chi connectivity index (χ1) is 17.9. The molecule has 0 spiro atoms. The van der Waals surface area contributed by atoms with Gasteiger partial charge in [-0.05, 0) is 38.0 Å². The van der Waals surface area contributed by atoms with Crippen LogP contribution in [0.4, 0.5) is 18.9 Å². The summed E-state index contributed by atoms with van der Waals surface area (Å²) in [5.41, 5.74) is 0.117. The first-order valence-corrected chi connectivity index (χ1v) is 12.7. The zero-order valence-corrected chi connectivity index (χ0v) is 22.2. The summed E-state index contributed by atoms with van der Waals surface area (Å²) in [4.78, 5) is 42.0. The summed E-state index contributed by atoms with van der Waals surface area (Å²) in [6.07, 6.45) is -5.40. The molecule has 212 valence electrons. The van der Waals surface area contributed by atoms with Crippen molar-refractivity contribution in [3.63, 3.8) is 0 Å². The number of halogens is 3. The SMILES string of the molecule is CO[C@@H]1CN(C)C(=O)c2cc(NC(=O)CC(F)(F)F)ccc2OC[C@H](C)N(C(=O)C2CCOCC2)C[C@@H]1C. The van der Waals surface area contributed by atoms with Crippen LogP contribution in [0.3, 0.4) is 0 Å². The molecule has 1 aromatic rings.